The lowest BCUT2D eigenvalue weighted by Crippen LogP contribution is -2.31. The highest BCUT2D eigenvalue weighted by Crippen LogP contribution is 2.30. The molecule has 4 rings (SSSR count). The minimum absolute atomic E-state index is 0.0622. The molecular weight excluding hydrogens is 366 g/mol. The third-order valence-corrected chi connectivity index (χ3v) is 7.20. The summed E-state index contributed by atoms with van der Waals surface area (Å²) in [5, 5.41) is 11.2. The number of hydrogen-bond acceptors (Lipinski definition) is 5. The van der Waals surface area contributed by atoms with Crippen LogP contribution in [0.4, 0.5) is 11.4 Å². The van der Waals surface area contributed by atoms with Crippen LogP contribution in [0.15, 0.2) is 18.2 Å². The summed E-state index contributed by atoms with van der Waals surface area (Å²) in [6.45, 7) is 4.82. The number of carbonyl (C=O) groups excluding carboxylic acids is 1. The molecule has 1 atom stereocenters. The van der Waals surface area contributed by atoms with Crippen molar-refractivity contribution in [2.24, 2.45) is 5.92 Å². The SMILES string of the molecule is Cc1ccc(NC(=O)C2CCc3nnc(C)n3C2)cc1N1CCCS1(=O)=O. The predicted molar refractivity (Wildman–Crippen MR) is 102 cm³/mol. The minimum Gasteiger partial charge on any atom is -0.326 e. The molecule has 0 saturated carbocycles. The molecular formula is C18H23N5O3S. The molecule has 9 heteroatoms. The van der Waals surface area contributed by atoms with Gasteiger partial charge in [-0.1, -0.05) is 6.07 Å². The van der Waals surface area contributed by atoms with E-state index in [4.69, 9.17) is 0 Å². The van der Waals surface area contributed by atoms with Gasteiger partial charge in [-0.3, -0.25) is 9.10 Å². The fourth-order valence-corrected chi connectivity index (χ4v) is 5.40. The van der Waals surface area contributed by atoms with Crippen LogP contribution >= 0.6 is 0 Å². The van der Waals surface area contributed by atoms with Gasteiger partial charge >= 0.3 is 0 Å². The van der Waals surface area contributed by atoms with Gasteiger partial charge in [0.2, 0.25) is 15.9 Å². The average Bonchev–Trinajstić information content (AvgIpc) is 3.18. The molecule has 27 heavy (non-hydrogen) atoms. The molecule has 1 unspecified atom stereocenters. The second-order valence-corrected chi connectivity index (χ2v) is 9.25. The standard InChI is InChI=1S/C18H23N5O3S/c1-12-4-6-15(10-16(12)23-8-3-9-27(23,25)26)19-18(24)14-5-7-17-21-20-13(2)22(17)11-14/h4,6,10,14H,3,5,7-9,11H2,1-2H3,(H,19,24). The largest absolute Gasteiger partial charge is 0.326 e. The third kappa shape index (κ3) is 3.31. The third-order valence-electron chi connectivity index (χ3n) is 5.35. The number of aryl methyl sites for hydroxylation is 3. The first kappa shape index (κ1) is 18.0. The molecule has 8 nitrogen and oxygen atoms in total. The van der Waals surface area contributed by atoms with Crippen LogP contribution in [0.25, 0.3) is 0 Å². The molecule has 1 fully saturated rings. The van der Waals surface area contributed by atoms with Gasteiger partial charge in [0.1, 0.15) is 11.6 Å². The van der Waals surface area contributed by atoms with Gasteiger partial charge in [-0.05, 0) is 44.4 Å². The van der Waals surface area contributed by atoms with E-state index in [9.17, 15) is 13.2 Å². The Kier molecular flexibility index (Phi) is 4.41. The maximum Gasteiger partial charge on any atom is 0.235 e. The van der Waals surface area contributed by atoms with Crippen LogP contribution in [-0.2, 0) is 27.8 Å². The van der Waals surface area contributed by atoms with Gasteiger partial charge in [-0.15, -0.1) is 10.2 Å². The van der Waals surface area contributed by atoms with E-state index in [1.807, 2.05) is 30.5 Å². The Balaban J connectivity index is 1.52. The molecule has 0 radical (unpaired) electrons. The summed E-state index contributed by atoms with van der Waals surface area (Å²) in [6, 6.07) is 5.42. The molecule has 2 aromatic rings. The van der Waals surface area contributed by atoms with Crippen molar-refractivity contribution in [3.63, 3.8) is 0 Å². The lowest BCUT2D eigenvalue weighted by atomic mass is 9.98. The number of hydrogen-bond donors (Lipinski definition) is 1. The zero-order valence-electron chi connectivity index (χ0n) is 15.5. The highest BCUT2D eigenvalue weighted by Gasteiger charge is 2.30. The molecule has 0 bridgehead atoms. The fraction of sp³-hybridized carbons (Fsp3) is 0.500. The molecule has 1 saturated heterocycles. The molecule has 3 heterocycles. The van der Waals surface area contributed by atoms with Gasteiger partial charge in [0.25, 0.3) is 0 Å². The zero-order chi connectivity index (χ0) is 19.2. The second kappa shape index (κ2) is 6.63. The topological polar surface area (TPSA) is 97.2 Å². The van der Waals surface area contributed by atoms with Crippen LogP contribution < -0.4 is 9.62 Å². The van der Waals surface area contributed by atoms with E-state index >= 15 is 0 Å². The van der Waals surface area contributed by atoms with Crippen molar-refractivity contribution >= 4 is 27.3 Å². The maximum atomic E-state index is 12.8. The second-order valence-electron chi connectivity index (χ2n) is 7.24. The maximum absolute atomic E-state index is 12.8. The van der Waals surface area contributed by atoms with Crippen molar-refractivity contribution in [2.45, 2.75) is 39.7 Å². The van der Waals surface area contributed by atoms with Crippen molar-refractivity contribution in [1.82, 2.24) is 14.8 Å². The number of carbonyl (C=O) groups is 1. The first-order chi connectivity index (χ1) is 12.8. The van der Waals surface area contributed by atoms with Crippen molar-refractivity contribution in [2.75, 3.05) is 21.9 Å². The van der Waals surface area contributed by atoms with Crippen LogP contribution in [0.1, 0.15) is 30.1 Å². The Morgan fingerprint density at radius 1 is 1.26 bits per heavy atom. The van der Waals surface area contributed by atoms with Crippen molar-refractivity contribution in [1.29, 1.82) is 0 Å². The number of amides is 1. The number of fused-ring (bicyclic) bond motifs is 1. The van der Waals surface area contributed by atoms with E-state index in [0.717, 1.165) is 30.1 Å². The van der Waals surface area contributed by atoms with E-state index in [1.165, 1.54) is 4.31 Å². The van der Waals surface area contributed by atoms with Crippen LogP contribution in [-0.4, -0.2) is 41.4 Å². The summed E-state index contributed by atoms with van der Waals surface area (Å²) >= 11 is 0. The molecule has 1 aromatic carbocycles. The van der Waals surface area contributed by atoms with Gasteiger partial charge in [-0.25, -0.2) is 8.42 Å². The van der Waals surface area contributed by atoms with Crippen LogP contribution in [0, 0.1) is 19.8 Å². The van der Waals surface area contributed by atoms with Gasteiger partial charge in [0.15, 0.2) is 0 Å². The average molecular weight is 389 g/mol. The number of rotatable bonds is 3. The van der Waals surface area contributed by atoms with Gasteiger partial charge in [-0.2, -0.15) is 0 Å². The molecule has 1 N–H and O–H groups in total. The van der Waals surface area contributed by atoms with Crippen LogP contribution in [0.2, 0.25) is 0 Å². The summed E-state index contributed by atoms with van der Waals surface area (Å²) in [6.07, 6.45) is 2.08. The first-order valence-corrected chi connectivity index (χ1v) is 10.8. The normalized spacial score (nSPS) is 21.1. The Hall–Kier alpha value is -2.42. The van der Waals surface area contributed by atoms with Crippen molar-refractivity contribution in [3.05, 3.63) is 35.4 Å². The lowest BCUT2D eigenvalue weighted by Gasteiger charge is -2.24. The van der Waals surface area contributed by atoms with Crippen LogP contribution in [0.3, 0.4) is 0 Å². The highest BCUT2D eigenvalue weighted by molar-refractivity contribution is 7.93. The van der Waals surface area contributed by atoms with Gasteiger partial charge in [0.05, 0.1) is 17.4 Å². The molecule has 0 aliphatic carbocycles. The number of benzene rings is 1. The minimum atomic E-state index is -3.26. The number of nitrogens with one attached hydrogen (secondary N) is 1. The van der Waals surface area contributed by atoms with Gasteiger partial charge < -0.3 is 9.88 Å². The Bertz CT molecular complexity index is 998. The summed E-state index contributed by atoms with van der Waals surface area (Å²) in [5.41, 5.74) is 2.14. The zero-order valence-corrected chi connectivity index (χ0v) is 16.3. The highest BCUT2D eigenvalue weighted by atomic mass is 32.2. The summed E-state index contributed by atoms with van der Waals surface area (Å²) < 4.78 is 27.9. The van der Waals surface area contributed by atoms with E-state index < -0.39 is 10.0 Å². The van der Waals surface area contributed by atoms with E-state index in [1.54, 1.807) is 6.07 Å². The van der Waals surface area contributed by atoms with Gasteiger partial charge in [0, 0.05) is 25.2 Å². The molecule has 2 aliphatic rings. The number of sulfonamides is 1. The predicted octanol–water partition coefficient (Wildman–Crippen LogP) is 1.64. The number of anilines is 2. The number of nitrogens with zero attached hydrogens (tertiary/aromatic N) is 4. The molecule has 1 aromatic heterocycles. The fourth-order valence-electron chi connectivity index (χ4n) is 3.79. The van der Waals surface area contributed by atoms with E-state index in [2.05, 4.69) is 15.5 Å². The van der Waals surface area contributed by atoms with Crippen molar-refractivity contribution in [3.8, 4) is 0 Å². The van der Waals surface area contributed by atoms with E-state index in [0.29, 0.717) is 30.9 Å². The monoisotopic (exact) mass is 389 g/mol. The molecule has 1 amide bonds. The Morgan fingerprint density at radius 3 is 2.81 bits per heavy atom. The Morgan fingerprint density at radius 2 is 2.07 bits per heavy atom. The van der Waals surface area contributed by atoms with Crippen molar-refractivity contribution < 1.29 is 13.2 Å². The summed E-state index contributed by atoms with van der Waals surface area (Å²) in [4.78, 5) is 12.8. The lowest BCUT2D eigenvalue weighted by molar-refractivity contribution is -0.120. The summed E-state index contributed by atoms with van der Waals surface area (Å²) in [5.74, 6) is 1.69. The molecule has 2 aliphatic heterocycles. The first-order valence-electron chi connectivity index (χ1n) is 9.16. The summed E-state index contributed by atoms with van der Waals surface area (Å²) in [7, 11) is -3.26. The quantitative estimate of drug-likeness (QED) is 0.861. The smallest absolute Gasteiger partial charge is 0.235 e. The Labute approximate surface area is 158 Å². The molecule has 144 valence electrons. The molecule has 0 spiro atoms. The van der Waals surface area contributed by atoms with E-state index in [-0.39, 0.29) is 17.6 Å². The van der Waals surface area contributed by atoms with Crippen LogP contribution in [0.5, 0.6) is 0 Å². The number of aromatic nitrogens is 3.